The van der Waals surface area contributed by atoms with Gasteiger partial charge in [0.15, 0.2) is 0 Å². The molecule has 0 unspecified atom stereocenters. The summed E-state index contributed by atoms with van der Waals surface area (Å²) in [6, 6.07) is 5.54. The number of sulfonamides is 1. The van der Waals surface area contributed by atoms with Crippen LogP contribution in [0.1, 0.15) is 18.1 Å². The molecule has 0 aliphatic heterocycles. The molecule has 0 radical (unpaired) electrons. The lowest BCUT2D eigenvalue weighted by Gasteiger charge is -2.16. The first-order valence-corrected chi connectivity index (χ1v) is 7.35. The summed E-state index contributed by atoms with van der Waals surface area (Å²) in [5, 5.41) is 4.45. The molecule has 0 aliphatic rings. The second kappa shape index (κ2) is 6.29. The van der Waals surface area contributed by atoms with Crippen molar-refractivity contribution in [3.05, 3.63) is 29.3 Å². The van der Waals surface area contributed by atoms with Crippen molar-refractivity contribution in [1.29, 1.82) is 0 Å². The van der Waals surface area contributed by atoms with Crippen LogP contribution in [-0.2, 0) is 23.0 Å². The highest BCUT2D eigenvalue weighted by Gasteiger charge is 2.18. The zero-order chi connectivity index (χ0) is 13.8. The van der Waals surface area contributed by atoms with Crippen LogP contribution < -0.4 is 10.1 Å². The van der Waals surface area contributed by atoms with Gasteiger partial charge < -0.3 is 5.32 Å². The summed E-state index contributed by atoms with van der Waals surface area (Å²) in [7, 11) is 1.65. The Labute approximate surface area is 109 Å². The van der Waals surface area contributed by atoms with E-state index in [1.54, 1.807) is 20.2 Å². The maximum Gasteiger partial charge on any atom is 0.253 e. The summed E-state index contributed by atoms with van der Waals surface area (Å²) < 4.78 is 24.4. The molecule has 0 atom stereocenters. The predicted molar refractivity (Wildman–Crippen MR) is 72.6 cm³/mol. The van der Waals surface area contributed by atoms with Crippen molar-refractivity contribution >= 4 is 10.0 Å². The van der Waals surface area contributed by atoms with Gasteiger partial charge in [0.1, 0.15) is 0 Å². The summed E-state index contributed by atoms with van der Waals surface area (Å²) in [6.45, 7) is 2.59. The first kappa shape index (κ1) is 15.1. The molecule has 5 nitrogen and oxygen atoms in total. The summed E-state index contributed by atoms with van der Waals surface area (Å²) in [5.41, 5.74) is 1.78. The number of hydrogen-bond donors (Lipinski definition) is 2. The van der Waals surface area contributed by atoms with Crippen LogP contribution in [0.15, 0.2) is 23.1 Å². The van der Waals surface area contributed by atoms with E-state index in [-0.39, 0.29) is 0 Å². The SMILES string of the molecule is CCc1ccc(CNC)cc1S(=O)(=O)NN(C)C. The topological polar surface area (TPSA) is 61.4 Å². The van der Waals surface area contributed by atoms with Gasteiger partial charge in [-0.3, -0.25) is 0 Å². The molecule has 0 fully saturated rings. The molecule has 1 aromatic carbocycles. The second-order valence-corrected chi connectivity index (χ2v) is 5.94. The van der Waals surface area contributed by atoms with Gasteiger partial charge in [-0.2, -0.15) is 0 Å². The van der Waals surface area contributed by atoms with Crippen molar-refractivity contribution < 1.29 is 8.42 Å². The average molecular weight is 271 g/mol. The van der Waals surface area contributed by atoms with E-state index in [2.05, 4.69) is 10.1 Å². The van der Waals surface area contributed by atoms with Gasteiger partial charge in [-0.25, -0.2) is 13.4 Å². The van der Waals surface area contributed by atoms with Crippen molar-refractivity contribution in [1.82, 2.24) is 15.2 Å². The Bertz CT molecular complexity index is 498. The molecule has 0 amide bonds. The number of nitrogens with zero attached hydrogens (tertiary/aromatic N) is 1. The normalized spacial score (nSPS) is 12.1. The summed E-state index contributed by atoms with van der Waals surface area (Å²) >= 11 is 0. The Kier molecular flexibility index (Phi) is 5.28. The third kappa shape index (κ3) is 3.78. The zero-order valence-electron chi connectivity index (χ0n) is 11.3. The molecule has 0 saturated carbocycles. The molecule has 0 aliphatic carbocycles. The lowest BCUT2D eigenvalue weighted by atomic mass is 10.1. The molecule has 6 heteroatoms. The van der Waals surface area contributed by atoms with E-state index in [9.17, 15) is 8.42 Å². The van der Waals surface area contributed by atoms with Gasteiger partial charge in [0.25, 0.3) is 10.0 Å². The van der Waals surface area contributed by atoms with Crippen LogP contribution in [0.4, 0.5) is 0 Å². The first-order chi connectivity index (χ1) is 8.40. The standard InChI is InChI=1S/C12H21N3O2S/c1-5-11-7-6-10(9-13-2)8-12(11)18(16,17)14-15(3)4/h6-8,13-14H,5,9H2,1-4H3. The van der Waals surface area contributed by atoms with E-state index in [4.69, 9.17) is 0 Å². The fraction of sp³-hybridized carbons (Fsp3) is 0.500. The maximum absolute atomic E-state index is 12.2. The van der Waals surface area contributed by atoms with Gasteiger partial charge in [0.2, 0.25) is 0 Å². The second-order valence-electron chi connectivity index (χ2n) is 4.32. The molecule has 1 aromatic rings. The summed E-state index contributed by atoms with van der Waals surface area (Å²) in [4.78, 5) is 2.82. The third-order valence-corrected chi connectivity index (χ3v) is 4.05. The molecule has 18 heavy (non-hydrogen) atoms. The van der Waals surface area contributed by atoms with Gasteiger partial charge in [0, 0.05) is 20.6 Å². The van der Waals surface area contributed by atoms with E-state index in [0.717, 1.165) is 11.1 Å². The number of aryl methyl sites for hydroxylation is 1. The highest BCUT2D eigenvalue weighted by molar-refractivity contribution is 7.89. The number of nitrogens with one attached hydrogen (secondary N) is 2. The summed E-state index contributed by atoms with van der Waals surface area (Å²) in [5.74, 6) is 0. The zero-order valence-corrected chi connectivity index (χ0v) is 12.1. The third-order valence-electron chi connectivity index (χ3n) is 2.49. The summed E-state index contributed by atoms with van der Waals surface area (Å²) in [6.07, 6.45) is 0.684. The lowest BCUT2D eigenvalue weighted by molar-refractivity contribution is 0.364. The Morgan fingerprint density at radius 3 is 2.44 bits per heavy atom. The monoisotopic (exact) mass is 271 g/mol. The van der Waals surface area contributed by atoms with Gasteiger partial charge in [-0.15, -0.1) is 4.83 Å². The minimum absolute atomic E-state index is 0.353. The molecule has 0 heterocycles. The Morgan fingerprint density at radius 1 is 1.28 bits per heavy atom. The largest absolute Gasteiger partial charge is 0.316 e. The minimum atomic E-state index is -3.49. The van der Waals surface area contributed by atoms with Crippen molar-refractivity contribution in [2.75, 3.05) is 21.1 Å². The van der Waals surface area contributed by atoms with Crippen LogP contribution in [0.3, 0.4) is 0 Å². The van der Waals surface area contributed by atoms with Crippen molar-refractivity contribution in [2.24, 2.45) is 0 Å². The van der Waals surface area contributed by atoms with Crippen LogP contribution in [0.25, 0.3) is 0 Å². The quantitative estimate of drug-likeness (QED) is 0.749. The van der Waals surface area contributed by atoms with Crippen molar-refractivity contribution in [3.8, 4) is 0 Å². The lowest BCUT2D eigenvalue weighted by Crippen LogP contribution is -2.36. The van der Waals surface area contributed by atoms with Gasteiger partial charge in [-0.05, 0) is 30.7 Å². The Balaban J connectivity index is 3.23. The van der Waals surface area contributed by atoms with E-state index >= 15 is 0 Å². The average Bonchev–Trinajstić information content (AvgIpc) is 2.27. The van der Waals surface area contributed by atoms with Crippen molar-refractivity contribution in [3.63, 3.8) is 0 Å². The van der Waals surface area contributed by atoms with Crippen LogP contribution in [-0.4, -0.2) is 34.6 Å². The Hall–Kier alpha value is -0.950. The Morgan fingerprint density at radius 2 is 1.94 bits per heavy atom. The molecular weight excluding hydrogens is 250 g/mol. The number of benzene rings is 1. The minimum Gasteiger partial charge on any atom is -0.316 e. The van der Waals surface area contributed by atoms with E-state index in [1.165, 1.54) is 5.01 Å². The molecule has 0 aromatic heterocycles. The fourth-order valence-corrected chi connectivity index (χ4v) is 3.19. The van der Waals surface area contributed by atoms with Gasteiger partial charge >= 0.3 is 0 Å². The maximum atomic E-state index is 12.2. The van der Waals surface area contributed by atoms with E-state index in [1.807, 2.05) is 26.1 Å². The van der Waals surface area contributed by atoms with Gasteiger partial charge in [-0.1, -0.05) is 19.1 Å². The van der Waals surface area contributed by atoms with Crippen LogP contribution in [0.2, 0.25) is 0 Å². The number of rotatable bonds is 6. The smallest absolute Gasteiger partial charge is 0.253 e. The number of hydrogen-bond acceptors (Lipinski definition) is 4. The van der Waals surface area contributed by atoms with Crippen LogP contribution >= 0.6 is 0 Å². The molecule has 1 rings (SSSR count). The molecular formula is C12H21N3O2S. The molecule has 102 valence electrons. The van der Waals surface area contributed by atoms with E-state index in [0.29, 0.717) is 17.9 Å². The fourth-order valence-electron chi connectivity index (χ4n) is 1.74. The first-order valence-electron chi connectivity index (χ1n) is 5.87. The van der Waals surface area contributed by atoms with Crippen molar-refractivity contribution in [2.45, 2.75) is 24.8 Å². The molecule has 0 saturated heterocycles. The number of hydrazine groups is 1. The van der Waals surface area contributed by atoms with Gasteiger partial charge in [0.05, 0.1) is 4.90 Å². The highest BCUT2D eigenvalue weighted by Crippen LogP contribution is 2.18. The van der Waals surface area contributed by atoms with Crippen LogP contribution in [0, 0.1) is 0 Å². The highest BCUT2D eigenvalue weighted by atomic mass is 32.2. The van der Waals surface area contributed by atoms with Crippen LogP contribution in [0.5, 0.6) is 0 Å². The molecule has 0 spiro atoms. The molecule has 2 N–H and O–H groups in total. The predicted octanol–water partition coefficient (Wildman–Crippen LogP) is 0.723. The molecule has 0 bridgehead atoms. The van der Waals surface area contributed by atoms with E-state index < -0.39 is 10.0 Å².